The van der Waals surface area contributed by atoms with Crippen molar-refractivity contribution in [1.29, 1.82) is 0 Å². The van der Waals surface area contributed by atoms with Crippen molar-refractivity contribution in [2.24, 2.45) is 0 Å². The molecule has 1 rings (SSSR count). The molecule has 0 spiro atoms. The molecule has 0 aliphatic rings. The third-order valence-corrected chi connectivity index (χ3v) is 5.30. The molecule has 0 N–H and O–H groups in total. The Labute approximate surface area is 115 Å². The molecule has 0 aliphatic carbocycles. The van der Waals surface area contributed by atoms with E-state index in [1.54, 1.807) is 24.3 Å². The minimum atomic E-state index is -3.61. The van der Waals surface area contributed by atoms with Gasteiger partial charge in [-0.1, -0.05) is 17.7 Å². The predicted molar refractivity (Wildman–Crippen MR) is 75.8 cm³/mol. The number of nitrogens with zero attached hydrogens (tertiary/aromatic N) is 1. The molecule has 0 heterocycles. The number of sulfone groups is 1. The molecule has 19 heavy (non-hydrogen) atoms. The maximum atomic E-state index is 12.4. The van der Waals surface area contributed by atoms with Crippen LogP contribution in [-0.4, -0.2) is 37.6 Å². The molecular formula is C14H21NO3S. The van der Waals surface area contributed by atoms with E-state index >= 15 is 0 Å². The largest absolute Gasteiger partial charge is 0.342 e. The van der Waals surface area contributed by atoms with E-state index in [2.05, 4.69) is 0 Å². The fourth-order valence-corrected chi connectivity index (χ4v) is 3.20. The number of aryl methyl sites for hydroxylation is 1. The highest BCUT2D eigenvalue weighted by Gasteiger charge is 2.31. The lowest BCUT2D eigenvalue weighted by atomic mass is 10.2. The van der Waals surface area contributed by atoms with Gasteiger partial charge in [0.15, 0.2) is 9.84 Å². The van der Waals surface area contributed by atoms with Crippen molar-refractivity contribution in [2.75, 3.05) is 13.1 Å². The lowest BCUT2D eigenvalue weighted by molar-refractivity contribution is -0.130. The second-order valence-corrected chi connectivity index (χ2v) is 6.78. The Hall–Kier alpha value is -1.36. The summed E-state index contributed by atoms with van der Waals surface area (Å²) in [6.07, 6.45) is 0. The number of hydrogen-bond acceptors (Lipinski definition) is 3. The molecule has 5 heteroatoms. The van der Waals surface area contributed by atoms with Crippen molar-refractivity contribution in [3.63, 3.8) is 0 Å². The summed E-state index contributed by atoms with van der Waals surface area (Å²) < 4.78 is 24.7. The van der Waals surface area contributed by atoms with Crippen molar-refractivity contribution in [3.8, 4) is 0 Å². The van der Waals surface area contributed by atoms with Gasteiger partial charge in [-0.3, -0.25) is 4.79 Å². The average Bonchev–Trinajstić information content (AvgIpc) is 2.39. The van der Waals surface area contributed by atoms with E-state index in [4.69, 9.17) is 0 Å². The molecule has 1 amide bonds. The molecule has 0 bridgehead atoms. The summed E-state index contributed by atoms with van der Waals surface area (Å²) in [4.78, 5) is 13.9. The number of rotatable bonds is 5. The van der Waals surface area contributed by atoms with Gasteiger partial charge in [0.1, 0.15) is 5.25 Å². The maximum Gasteiger partial charge on any atom is 0.240 e. The van der Waals surface area contributed by atoms with Gasteiger partial charge in [-0.2, -0.15) is 0 Å². The highest BCUT2D eigenvalue weighted by Crippen LogP contribution is 2.18. The van der Waals surface area contributed by atoms with E-state index in [0.717, 1.165) is 5.56 Å². The minimum absolute atomic E-state index is 0.200. The smallest absolute Gasteiger partial charge is 0.240 e. The Morgan fingerprint density at radius 1 is 1.16 bits per heavy atom. The molecule has 106 valence electrons. The van der Waals surface area contributed by atoms with Crippen LogP contribution in [0.2, 0.25) is 0 Å². The summed E-state index contributed by atoms with van der Waals surface area (Å²) in [7, 11) is -3.61. The maximum absolute atomic E-state index is 12.4. The number of hydrogen-bond donors (Lipinski definition) is 0. The summed E-state index contributed by atoms with van der Waals surface area (Å²) in [5.74, 6) is -0.342. The standard InChI is InChI=1S/C14H21NO3S/c1-5-15(6-2)14(16)12(4)19(17,18)13-9-7-11(3)8-10-13/h7-10,12H,5-6H2,1-4H3. The van der Waals surface area contributed by atoms with Crippen LogP contribution in [0.25, 0.3) is 0 Å². The second-order valence-electron chi connectivity index (χ2n) is 4.51. The molecular weight excluding hydrogens is 262 g/mol. The molecule has 0 aromatic heterocycles. The highest BCUT2D eigenvalue weighted by atomic mass is 32.2. The van der Waals surface area contributed by atoms with Crippen LogP contribution in [0.15, 0.2) is 29.2 Å². The van der Waals surface area contributed by atoms with Crippen LogP contribution in [-0.2, 0) is 14.6 Å². The quantitative estimate of drug-likeness (QED) is 0.831. The van der Waals surface area contributed by atoms with Crippen LogP contribution in [0.4, 0.5) is 0 Å². The van der Waals surface area contributed by atoms with Crippen LogP contribution >= 0.6 is 0 Å². The van der Waals surface area contributed by atoms with Crippen molar-refractivity contribution >= 4 is 15.7 Å². The summed E-state index contributed by atoms with van der Waals surface area (Å²) in [6, 6.07) is 6.58. The van der Waals surface area contributed by atoms with E-state index in [1.807, 2.05) is 20.8 Å². The lowest BCUT2D eigenvalue weighted by Crippen LogP contribution is -2.41. The molecule has 1 aromatic carbocycles. The third kappa shape index (κ3) is 3.35. The minimum Gasteiger partial charge on any atom is -0.342 e. The number of carbonyl (C=O) groups excluding carboxylic acids is 1. The molecule has 0 radical (unpaired) electrons. The summed E-state index contributed by atoms with van der Waals surface area (Å²) in [5.41, 5.74) is 0.988. The normalized spacial score (nSPS) is 13.1. The fourth-order valence-electron chi connectivity index (χ4n) is 1.86. The Kier molecular flexibility index (Phi) is 5.11. The van der Waals surface area contributed by atoms with Crippen molar-refractivity contribution in [3.05, 3.63) is 29.8 Å². The Balaban J connectivity index is 3.06. The SMILES string of the molecule is CCN(CC)C(=O)C(C)S(=O)(=O)c1ccc(C)cc1. The first-order valence-electron chi connectivity index (χ1n) is 6.43. The number of amides is 1. The van der Waals surface area contributed by atoms with Crippen LogP contribution in [0.5, 0.6) is 0 Å². The topological polar surface area (TPSA) is 54.5 Å². The number of benzene rings is 1. The van der Waals surface area contributed by atoms with Crippen LogP contribution in [0.3, 0.4) is 0 Å². The van der Waals surface area contributed by atoms with Gasteiger partial charge in [0.2, 0.25) is 5.91 Å². The van der Waals surface area contributed by atoms with Gasteiger partial charge in [0.05, 0.1) is 4.90 Å². The molecule has 1 unspecified atom stereocenters. The lowest BCUT2D eigenvalue weighted by Gasteiger charge is -2.22. The van der Waals surface area contributed by atoms with Gasteiger partial charge in [-0.15, -0.1) is 0 Å². The zero-order chi connectivity index (χ0) is 14.6. The van der Waals surface area contributed by atoms with E-state index in [1.165, 1.54) is 11.8 Å². The fraction of sp³-hybridized carbons (Fsp3) is 0.500. The summed E-state index contributed by atoms with van der Waals surface area (Å²) in [5, 5.41) is -1.05. The third-order valence-electron chi connectivity index (χ3n) is 3.24. The Morgan fingerprint density at radius 2 is 1.63 bits per heavy atom. The van der Waals surface area contributed by atoms with Crippen molar-refractivity contribution in [1.82, 2.24) is 4.90 Å². The van der Waals surface area contributed by atoms with Gasteiger partial charge in [-0.05, 0) is 39.8 Å². The Bertz CT molecular complexity index is 530. The van der Waals surface area contributed by atoms with Crippen molar-refractivity contribution in [2.45, 2.75) is 37.8 Å². The average molecular weight is 283 g/mol. The first-order chi connectivity index (χ1) is 8.84. The zero-order valence-corrected chi connectivity index (χ0v) is 12.7. The molecule has 1 aromatic rings. The van der Waals surface area contributed by atoms with E-state index in [-0.39, 0.29) is 10.8 Å². The van der Waals surface area contributed by atoms with Gasteiger partial charge in [0, 0.05) is 13.1 Å². The van der Waals surface area contributed by atoms with E-state index < -0.39 is 15.1 Å². The van der Waals surface area contributed by atoms with E-state index in [0.29, 0.717) is 13.1 Å². The zero-order valence-electron chi connectivity index (χ0n) is 11.9. The highest BCUT2D eigenvalue weighted by molar-refractivity contribution is 7.92. The molecule has 4 nitrogen and oxygen atoms in total. The summed E-state index contributed by atoms with van der Waals surface area (Å²) in [6.45, 7) is 8.06. The van der Waals surface area contributed by atoms with Crippen LogP contribution in [0, 0.1) is 6.92 Å². The molecule has 0 fully saturated rings. The van der Waals surface area contributed by atoms with Crippen molar-refractivity contribution < 1.29 is 13.2 Å². The molecule has 0 saturated carbocycles. The van der Waals surface area contributed by atoms with Gasteiger partial charge >= 0.3 is 0 Å². The monoisotopic (exact) mass is 283 g/mol. The molecule has 0 aliphatic heterocycles. The van der Waals surface area contributed by atoms with Crippen LogP contribution < -0.4 is 0 Å². The second kappa shape index (κ2) is 6.19. The number of carbonyl (C=O) groups is 1. The predicted octanol–water partition coefficient (Wildman–Crippen LogP) is 2.03. The van der Waals surface area contributed by atoms with E-state index in [9.17, 15) is 13.2 Å². The molecule has 0 saturated heterocycles. The summed E-state index contributed by atoms with van der Waals surface area (Å²) >= 11 is 0. The van der Waals surface area contributed by atoms with Gasteiger partial charge in [-0.25, -0.2) is 8.42 Å². The van der Waals surface area contributed by atoms with Gasteiger partial charge in [0.25, 0.3) is 0 Å². The Morgan fingerprint density at radius 3 is 2.05 bits per heavy atom. The first-order valence-corrected chi connectivity index (χ1v) is 7.98. The first kappa shape index (κ1) is 15.7. The van der Waals surface area contributed by atoms with Crippen LogP contribution in [0.1, 0.15) is 26.3 Å². The van der Waals surface area contributed by atoms with Gasteiger partial charge < -0.3 is 4.90 Å². The molecule has 1 atom stereocenters.